The van der Waals surface area contributed by atoms with Crippen molar-refractivity contribution in [2.75, 3.05) is 4.90 Å². The fourth-order valence-electron chi connectivity index (χ4n) is 8.92. The zero-order chi connectivity index (χ0) is 44.3. The van der Waals surface area contributed by atoms with E-state index in [1.807, 2.05) is 12.3 Å². The summed E-state index contributed by atoms with van der Waals surface area (Å²) in [5.74, 6) is 2.43. The molecule has 3 heterocycles. The van der Waals surface area contributed by atoms with Crippen molar-refractivity contribution in [1.29, 1.82) is 0 Å². The third-order valence-electron chi connectivity index (χ3n) is 12.5. The number of anilines is 2. The molecule has 6 heteroatoms. The monoisotopic (exact) mass is 1020 g/mol. The number of hydrogen-bond donors (Lipinski definition) is 0. The summed E-state index contributed by atoms with van der Waals surface area (Å²) in [6.45, 7) is 16.6. The van der Waals surface area contributed by atoms with E-state index in [2.05, 4.69) is 246 Å². The van der Waals surface area contributed by atoms with E-state index >= 15 is 0 Å². The second-order valence-corrected chi connectivity index (χ2v) is 20.0. The topological polar surface area (TPSA) is 35.2 Å². The Kier molecular flexibility index (Phi) is 10.5. The number of pyridine rings is 1. The summed E-state index contributed by atoms with van der Waals surface area (Å²) >= 11 is 2.50. The van der Waals surface area contributed by atoms with Gasteiger partial charge < -0.3 is 0 Å². The average Bonchev–Trinajstić information content (AvgIpc) is 3.59. The first-order valence-electron chi connectivity index (χ1n) is 22.1. The standard InChI is InChI=1S/C58H52N4O.Pt/c1-39-29-56(59-36-52(39)41-19-12-9-13-20-41)60-37-43-30-42(40-17-10-8-11-18-40)25-27-50(43)51-28-26-49(35-55(51)60)63-48-22-16-21-46(34-48)61-38-62(54-24-15-14-23-53(54)61)47-32-44(57(2,3)4)31-45(33-47)58(5,6)7;/h8-36H,37H2,1-7H3;. The molecule has 0 bridgehead atoms. The number of hydrogen-bond acceptors (Lipinski definition) is 3. The van der Waals surface area contributed by atoms with E-state index in [4.69, 9.17) is 9.72 Å². The van der Waals surface area contributed by atoms with E-state index < -0.39 is 0 Å². The normalized spacial score (nSPS) is 12.6. The first kappa shape index (κ1) is 41.5. The van der Waals surface area contributed by atoms with Gasteiger partial charge in [-0.2, -0.15) is 0 Å². The van der Waals surface area contributed by atoms with Crippen molar-refractivity contribution in [3.8, 4) is 56.3 Å². The summed E-state index contributed by atoms with van der Waals surface area (Å²) in [6.07, 6.45) is 2.02. The Morgan fingerprint density at radius 2 is 1.12 bits per heavy atom. The molecule has 0 atom stereocenters. The van der Waals surface area contributed by atoms with Crippen LogP contribution in [0.5, 0.6) is 11.5 Å². The van der Waals surface area contributed by atoms with Crippen molar-refractivity contribution in [3.63, 3.8) is 0 Å². The Labute approximate surface area is 387 Å². The van der Waals surface area contributed by atoms with Crippen LogP contribution in [0, 0.1) is 10.7 Å². The number of benzene rings is 7. The van der Waals surface area contributed by atoms with Crippen molar-refractivity contribution < 1.29 is 24.1 Å². The number of imidazole rings is 1. The van der Waals surface area contributed by atoms with Gasteiger partial charge in [-0.15, -0.1) is 0 Å². The fraction of sp³-hybridized carbons (Fsp3) is 0.172. The van der Waals surface area contributed by atoms with E-state index in [9.17, 15) is 0 Å². The molecule has 0 radical (unpaired) electrons. The number of fused-ring (bicyclic) bond motifs is 4. The molecule has 7 aromatic carbocycles. The SMILES string of the molecule is Cc1cc(N2Cc3cc(-c4ccccc4)ccc3-c3ccc(Oc4cccc(-n5[c](=[Pt])n(-c6cc(C(C)(C)C)cc(C(C)(C)C)c6)c6ccccc65)c4)cc32)ncc1-c1ccccc1. The van der Waals surface area contributed by atoms with Gasteiger partial charge in [0.15, 0.2) is 0 Å². The molecule has 0 amide bonds. The third kappa shape index (κ3) is 7.77. The van der Waals surface area contributed by atoms with Crippen molar-refractivity contribution in [1.82, 2.24) is 14.1 Å². The second kappa shape index (κ2) is 16.2. The van der Waals surface area contributed by atoms with Gasteiger partial charge in [0.25, 0.3) is 0 Å². The minimum Gasteiger partial charge on any atom is -0.0622 e. The van der Waals surface area contributed by atoms with Crippen LogP contribution in [0.15, 0.2) is 176 Å². The van der Waals surface area contributed by atoms with Crippen LogP contribution in [0.3, 0.4) is 0 Å². The molecule has 0 saturated heterocycles. The number of rotatable bonds is 7. The van der Waals surface area contributed by atoms with E-state index in [0.29, 0.717) is 6.54 Å². The quantitative estimate of drug-likeness (QED) is 0.160. The van der Waals surface area contributed by atoms with Gasteiger partial charge in [-0.3, -0.25) is 0 Å². The van der Waals surface area contributed by atoms with Crippen molar-refractivity contribution in [2.45, 2.75) is 65.8 Å². The van der Waals surface area contributed by atoms with Gasteiger partial charge in [0, 0.05) is 11.8 Å². The van der Waals surface area contributed by atoms with E-state index in [1.165, 1.54) is 44.6 Å². The first-order chi connectivity index (χ1) is 30.8. The maximum atomic E-state index is 6.84. The molecule has 64 heavy (non-hydrogen) atoms. The molecule has 0 N–H and O–H groups in total. The molecule has 0 fully saturated rings. The molecular weight excluding hydrogens is 964 g/mol. The molecule has 0 unspecified atom stereocenters. The summed E-state index contributed by atoms with van der Waals surface area (Å²) in [6, 6.07) is 60.9. The van der Waals surface area contributed by atoms with E-state index in [-0.39, 0.29) is 10.8 Å². The number of aryl methyl sites for hydroxylation is 1. The van der Waals surface area contributed by atoms with E-state index in [1.54, 1.807) is 0 Å². The number of aromatic nitrogens is 3. The number of nitrogens with zero attached hydrogens (tertiary/aromatic N) is 4. The molecule has 10 rings (SSSR count). The maximum absolute atomic E-state index is 6.84. The number of para-hydroxylation sites is 2. The molecule has 0 spiro atoms. The molecule has 1 aliphatic rings. The van der Waals surface area contributed by atoms with Crippen molar-refractivity contribution in [3.05, 3.63) is 202 Å². The predicted octanol–water partition coefficient (Wildman–Crippen LogP) is 15.2. The summed E-state index contributed by atoms with van der Waals surface area (Å²) in [4.78, 5) is 7.46. The van der Waals surface area contributed by atoms with Gasteiger partial charge in [-0.05, 0) is 35.2 Å². The van der Waals surface area contributed by atoms with Gasteiger partial charge in [0.05, 0.1) is 0 Å². The first-order valence-corrected chi connectivity index (χ1v) is 23.2. The van der Waals surface area contributed by atoms with Crippen molar-refractivity contribution in [2.24, 2.45) is 0 Å². The van der Waals surface area contributed by atoms with Gasteiger partial charge in [-0.25, -0.2) is 0 Å². The molecule has 2 aromatic heterocycles. The smallest absolute Gasteiger partial charge is 0.0622 e. The molecule has 1 aliphatic heterocycles. The third-order valence-corrected chi connectivity index (χ3v) is 13.5. The summed E-state index contributed by atoms with van der Waals surface area (Å²) in [5, 5.41) is 0. The van der Waals surface area contributed by atoms with Crippen LogP contribution in [0.2, 0.25) is 0 Å². The Morgan fingerprint density at radius 1 is 0.516 bits per heavy atom. The molecule has 0 aliphatic carbocycles. The Hall–Kier alpha value is -6.55. The van der Waals surface area contributed by atoms with Crippen LogP contribution in [-0.4, -0.2) is 14.1 Å². The molecule has 320 valence electrons. The van der Waals surface area contributed by atoms with Crippen molar-refractivity contribution >= 4 is 22.5 Å². The van der Waals surface area contributed by atoms with Gasteiger partial charge in [0.1, 0.15) is 0 Å². The minimum atomic E-state index is -0.00230. The molecular formula is C58H52N4OPt. The second-order valence-electron chi connectivity index (χ2n) is 19.0. The summed E-state index contributed by atoms with van der Waals surface area (Å²) < 4.78 is 12.7. The Morgan fingerprint density at radius 3 is 1.78 bits per heavy atom. The van der Waals surface area contributed by atoms with Gasteiger partial charge in [0.2, 0.25) is 0 Å². The summed E-state index contributed by atoms with van der Waals surface area (Å²) in [5.41, 5.74) is 17.7. The summed E-state index contributed by atoms with van der Waals surface area (Å²) in [7, 11) is 0. The fourth-order valence-corrected chi connectivity index (χ4v) is 10.1. The predicted molar refractivity (Wildman–Crippen MR) is 261 cm³/mol. The molecule has 5 nitrogen and oxygen atoms in total. The van der Waals surface area contributed by atoms with Crippen LogP contribution in [0.25, 0.3) is 55.8 Å². The van der Waals surface area contributed by atoms with Gasteiger partial charge in [-0.1, -0.05) is 66.7 Å². The minimum absolute atomic E-state index is 0.00230. The van der Waals surface area contributed by atoms with Crippen LogP contribution >= 0.6 is 0 Å². The van der Waals surface area contributed by atoms with Gasteiger partial charge >= 0.3 is 276 Å². The average molecular weight is 1020 g/mol. The van der Waals surface area contributed by atoms with Crippen LogP contribution in [-0.2, 0) is 36.7 Å². The van der Waals surface area contributed by atoms with Crippen LogP contribution < -0.4 is 9.64 Å². The zero-order valence-corrected chi connectivity index (χ0v) is 39.7. The Balaban J connectivity index is 1.05. The van der Waals surface area contributed by atoms with Crippen LogP contribution in [0.1, 0.15) is 63.8 Å². The molecule has 9 aromatic rings. The van der Waals surface area contributed by atoms with Crippen LogP contribution in [0.4, 0.5) is 11.5 Å². The number of ether oxygens (including phenoxy) is 1. The molecule has 0 saturated carbocycles. The zero-order valence-electron chi connectivity index (χ0n) is 37.5. The van der Waals surface area contributed by atoms with E-state index in [0.717, 1.165) is 60.2 Å². The Bertz CT molecular complexity index is 3250.